The van der Waals surface area contributed by atoms with Crippen molar-refractivity contribution < 1.29 is 26.3 Å². The summed E-state index contributed by atoms with van der Waals surface area (Å²) < 4.78 is 93.0. The highest BCUT2D eigenvalue weighted by Crippen LogP contribution is 2.66. The second-order valence-electron chi connectivity index (χ2n) is 12.2. The predicted octanol–water partition coefficient (Wildman–Crippen LogP) is 12.6. The summed E-state index contributed by atoms with van der Waals surface area (Å²) in [5, 5.41) is 5.89. The summed E-state index contributed by atoms with van der Waals surface area (Å²) in [5.74, 6) is -15.8. The number of halogens is 6. The van der Waals surface area contributed by atoms with Crippen molar-refractivity contribution >= 4 is 53.9 Å². The van der Waals surface area contributed by atoms with E-state index >= 15 is 26.3 Å². The Hall–Kier alpha value is -5.36. The van der Waals surface area contributed by atoms with Crippen LogP contribution in [0.5, 0.6) is 0 Å². The second-order valence-corrected chi connectivity index (χ2v) is 12.2. The molecule has 0 radical (unpaired) electrons. The molecule has 0 nitrogen and oxygen atoms in total. The molecule has 0 aliphatic heterocycles. The quantitative estimate of drug-likeness (QED) is 0.132. The molecule has 0 heterocycles. The molecule has 0 atom stereocenters. The third-order valence-electron chi connectivity index (χ3n) is 9.72. The molecule has 0 saturated heterocycles. The second kappa shape index (κ2) is 9.35. The van der Waals surface area contributed by atoms with Gasteiger partial charge in [-0.1, -0.05) is 115 Å². The van der Waals surface area contributed by atoms with Crippen LogP contribution in [0.2, 0.25) is 0 Å². The highest BCUT2D eigenvalue weighted by Gasteiger charge is 2.80. The zero-order valence-electron chi connectivity index (χ0n) is 24.5. The van der Waals surface area contributed by atoms with Crippen LogP contribution in [0.25, 0.3) is 76.1 Å². The first-order chi connectivity index (χ1) is 22.6. The van der Waals surface area contributed by atoms with E-state index < -0.39 is 28.9 Å². The number of hydrogen-bond acceptors (Lipinski definition) is 0. The third kappa shape index (κ3) is 3.61. The average Bonchev–Trinajstić information content (AvgIpc) is 3.21. The minimum atomic E-state index is -5.62. The van der Waals surface area contributed by atoms with Crippen LogP contribution in [0.3, 0.4) is 0 Å². The number of benzene rings is 8. The molecule has 9 rings (SSSR count). The Kier molecular flexibility index (Phi) is 5.55. The van der Waals surface area contributed by atoms with Crippen molar-refractivity contribution in [3.63, 3.8) is 0 Å². The highest BCUT2D eigenvalue weighted by atomic mass is 19.3. The monoisotopic (exact) mass is 628 g/mol. The fraction of sp³-hybridized carbons (Fsp3) is 0.0732. The summed E-state index contributed by atoms with van der Waals surface area (Å²) in [5.41, 5.74) is -0.432. The number of hydrogen-bond donors (Lipinski definition) is 0. The van der Waals surface area contributed by atoms with Gasteiger partial charge in [0.15, 0.2) is 0 Å². The van der Waals surface area contributed by atoms with E-state index in [1.807, 2.05) is 60.7 Å². The molecule has 1 aliphatic rings. The maximum atomic E-state index is 15.7. The molecule has 47 heavy (non-hydrogen) atoms. The molecular weight excluding hydrogens is 606 g/mol. The van der Waals surface area contributed by atoms with Crippen molar-refractivity contribution in [3.05, 3.63) is 145 Å². The summed E-state index contributed by atoms with van der Waals surface area (Å²) in [6, 6.07) is 39.8. The maximum Gasteiger partial charge on any atom is 0.380 e. The molecule has 0 amide bonds. The lowest BCUT2D eigenvalue weighted by Gasteiger charge is -2.23. The van der Waals surface area contributed by atoms with Crippen molar-refractivity contribution in [2.75, 3.05) is 0 Å². The van der Waals surface area contributed by atoms with Crippen LogP contribution >= 0.6 is 0 Å². The number of rotatable bonds is 2. The van der Waals surface area contributed by atoms with Crippen LogP contribution in [0.15, 0.2) is 133 Å². The first-order valence-corrected chi connectivity index (χ1v) is 15.2. The van der Waals surface area contributed by atoms with Crippen LogP contribution in [-0.4, -0.2) is 5.92 Å². The molecule has 0 aromatic heterocycles. The molecule has 0 N–H and O–H groups in total. The summed E-state index contributed by atoms with van der Waals surface area (Å²) in [6.07, 6.45) is 0. The van der Waals surface area contributed by atoms with Gasteiger partial charge in [-0.15, -0.1) is 0 Å². The van der Waals surface area contributed by atoms with Crippen LogP contribution in [0, 0.1) is 0 Å². The smallest absolute Gasteiger partial charge is 0.194 e. The molecule has 1 aliphatic carbocycles. The average molecular weight is 629 g/mol. The van der Waals surface area contributed by atoms with E-state index in [4.69, 9.17) is 0 Å². The molecule has 8 aromatic rings. The SMILES string of the molecule is FC1(F)c2c(c3cc(-c4ccc5c6ccccc6c6ccccc6c5c4)ccc3c3ccc(-c4ccccc4)cc23)C(F)(F)C1(F)F. The lowest BCUT2D eigenvalue weighted by molar-refractivity contribution is -0.301. The Morgan fingerprint density at radius 1 is 0.277 bits per heavy atom. The molecule has 0 bridgehead atoms. The first-order valence-electron chi connectivity index (χ1n) is 15.2. The third-order valence-corrected chi connectivity index (χ3v) is 9.72. The van der Waals surface area contributed by atoms with E-state index in [1.54, 1.807) is 54.6 Å². The molecule has 0 unspecified atom stereocenters. The van der Waals surface area contributed by atoms with Crippen LogP contribution in [0.4, 0.5) is 26.3 Å². The molecule has 0 spiro atoms. The molecule has 6 heteroatoms. The van der Waals surface area contributed by atoms with E-state index in [9.17, 15) is 0 Å². The first kappa shape index (κ1) is 27.9. The Balaban J connectivity index is 1.35. The van der Waals surface area contributed by atoms with Gasteiger partial charge >= 0.3 is 17.8 Å². The zero-order valence-corrected chi connectivity index (χ0v) is 24.5. The van der Waals surface area contributed by atoms with Gasteiger partial charge in [0.25, 0.3) is 0 Å². The summed E-state index contributed by atoms with van der Waals surface area (Å²) in [6.45, 7) is 0. The van der Waals surface area contributed by atoms with Gasteiger partial charge in [0.05, 0.1) is 0 Å². The Morgan fingerprint density at radius 3 is 1.04 bits per heavy atom. The number of alkyl halides is 6. The van der Waals surface area contributed by atoms with Gasteiger partial charge in [-0.2, -0.15) is 26.3 Å². The van der Waals surface area contributed by atoms with Crippen molar-refractivity contribution in [2.24, 2.45) is 0 Å². The molecular formula is C41H22F6. The van der Waals surface area contributed by atoms with Crippen LogP contribution in [-0.2, 0) is 11.8 Å². The van der Waals surface area contributed by atoms with Gasteiger partial charge in [-0.25, -0.2) is 0 Å². The van der Waals surface area contributed by atoms with E-state index in [0.29, 0.717) is 22.3 Å². The van der Waals surface area contributed by atoms with E-state index in [0.717, 1.165) is 32.3 Å². The van der Waals surface area contributed by atoms with E-state index in [1.165, 1.54) is 12.1 Å². The minimum Gasteiger partial charge on any atom is -0.194 e. The molecule has 0 saturated carbocycles. The van der Waals surface area contributed by atoms with Crippen LogP contribution in [0.1, 0.15) is 11.1 Å². The maximum absolute atomic E-state index is 15.7. The van der Waals surface area contributed by atoms with E-state index in [-0.39, 0.29) is 21.5 Å². The van der Waals surface area contributed by atoms with Crippen molar-refractivity contribution in [1.29, 1.82) is 0 Å². The predicted molar refractivity (Wildman–Crippen MR) is 178 cm³/mol. The Labute approximate surface area is 264 Å². The van der Waals surface area contributed by atoms with Crippen LogP contribution < -0.4 is 0 Å². The fourth-order valence-electron chi connectivity index (χ4n) is 7.48. The Bertz CT molecular complexity index is 2570. The largest absolute Gasteiger partial charge is 0.380 e. The van der Waals surface area contributed by atoms with Crippen molar-refractivity contribution in [3.8, 4) is 22.3 Å². The van der Waals surface area contributed by atoms with Gasteiger partial charge in [0.2, 0.25) is 0 Å². The lowest BCUT2D eigenvalue weighted by Crippen LogP contribution is -2.43. The highest BCUT2D eigenvalue weighted by molar-refractivity contribution is 6.26. The van der Waals surface area contributed by atoms with Gasteiger partial charge in [0.1, 0.15) is 0 Å². The molecule has 228 valence electrons. The molecule has 8 aromatic carbocycles. The summed E-state index contributed by atoms with van der Waals surface area (Å²) >= 11 is 0. The summed E-state index contributed by atoms with van der Waals surface area (Å²) in [4.78, 5) is 0. The van der Waals surface area contributed by atoms with Gasteiger partial charge < -0.3 is 0 Å². The topological polar surface area (TPSA) is 0 Å². The lowest BCUT2D eigenvalue weighted by atomic mass is 9.87. The fourth-order valence-corrected chi connectivity index (χ4v) is 7.48. The Morgan fingerprint density at radius 2 is 0.596 bits per heavy atom. The standard InChI is InChI=1S/C41H22F6/c42-39(43)37-35-21-24(23-8-2-1-3-9-23)14-18-32(35)33-19-16-26(22-36(33)38(37)40(44,45)41(39,46)47)25-15-17-31-29-12-5-4-10-27(29)28-11-6-7-13-30(28)34(31)20-25/h1-22H. The van der Waals surface area contributed by atoms with Crippen molar-refractivity contribution in [1.82, 2.24) is 0 Å². The van der Waals surface area contributed by atoms with Gasteiger partial charge in [-0.05, 0) is 94.3 Å². The normalized spacial score (nSPS) is 16.4. The van der Waals surface area contributed by atoms with E-state index in [2.05, 4.69) is 6.07 Å². The molecule has 0 fully saturated rings. The minimum absolute atomic E-state index is 0.201. The zero-order chi connectivity index (χ0) is 32.3. The van der Waals surface area contributed by atoms with Gasteiger partial charge in [-0.3, -0.25) is 0 Å². The van der Waals surface area contributed by atoms with Gasteiger partial charge in [0, 0.05) is 11.1 Å². The van der Waals surface area contributed by atoms with Crippen molar-refractivity contribution in [2.45, 2.75) is 17.8 Å². The summed E-state index contributed by atoms with van der Waals surface area (Å²) in [7, 11) is 0. The number of fused-ring (bicyclic) bond motifs is 12.